The molecule has 9 heteroatoms. The number of pyridine rings is 1. The number of sulfonamides is 1. The van der Waals surface area contributed by atoms with Crippen LogP contribution in [0.15, 0.2) is 113 Å². The predicted molar refractivity (Wildman–Crippen MR) is 142 cm³/mol. The van der Waals surface area contributed by atoms with Crippen LogP contribution in [0.2, 0.25) is 0 Å². The smallest absolute Gasteiger partial charge is 0.342 e. The number of hydrogen-bond acceptors (Lipinski definition) is 7. The van der Waals surface area contributed by atoms with Gasteiger partial charge >= 0.3 is 5.97 Å². The average molecular weight is 527 g/mol. The van der Waals surface area contributed by atoms with Gasteiger partial charge in [0.25, 0.3) is 15.9 Å². The summed E-state index contributed by atoms with van der Waals surface area (Å²) in [4.78, 5) is 30.6. The van der Waals surface area contributed by atoms with E-state index in [-0.39, 0.29) is 34.1 Å². The van der Waals surface area contributed by atoms with Crippen molar-refractivity contribution in [3.8, 4) is 11.3 Å². The zero-order valence-corrected chi connectivity index (χ0v) is 21.1. The van der Waals surface area contributed by atoms with Crippen LogP contribution in [0.1, 0.15) is 27.6 Å². The number of ether oxygens (including phenoxy) is 1. The van der Waals surface area contributed by atoms with Gasteiger partial charge in [-0.1, -0.05) is 48.5 Å². The SMILES string of the molecule is CCOC(=O)c1c(-c2ccccc2)oc2ccc(N(C(=O)c3ccncc3)S(=O)(=O)c3ccccc3)cc12. The zero-order chi connectivity index (χ0) is 26.7. The standard InChI is InChI=1S/C29H22N2O6S/c1-2-36-29(33)26-24-19-22(13-14-25(24)37-27(26)20-9-5-3-6-10-20)31(28(32)21-15-17-30-18-16-21)38(34,35)23-11-7-4-8-12-23/h3-19H,2H2,1H3. The normalized spacial score (nSPS) is 11.3. The van der Waals surface area contributed by atoms with Crippen LogP contribution in [-0.4, -0.2) is 31.9 Å². The predicted octanol–water partition coefficient (Wildman–Crippen LogP) is 5.71. The van der Waals surface area contributed by atoms with E-state index in [9.17, 15) is 18.0 Å². The number of hydrogen-bond donors (Lipinski definition) is 0. The first-order valence-corrected chi connectivity index (χ1v) is 13.2. The quantitative estimate of drug-likeness (QED) is 0.250. The number of rotatable bonds is 7. The van der Waals surface area contributed by atoms with Crippen molar-refractivity contribution in [2.75, 3.05) is 10.9 Å². The highest BCUT2D eigenvalue weighted by molar-refractivity contribution is 7.93. The molecule has 0 bridgehead atoms. The summed E-state index contributed by atoms with van der Waals surface area (Å²) in [6.45, 7) is 1.82. The molecule has 1 amide bonds. The van der Waals surface area contributed by atoms with Crippen LogP contribution in [0.3, 0.4) is 0 Å². The Kier molecular flexibility index (Phi) is 6.76. The van der Waals surface area contributed by atoms with Crippen LogP contribution in [0.5, 0.6) is 0 Å². The van der Waals surface area contributed by atoms with Gasteiger partial charge in [0.2, 0.25) is 0 Å². The Hall–Kier alpha value is -4.76. The van der Waals surface area contributed by atoms with E-state index in [2.05, 4.69) is 4.98 Å². The highest BCUT2D eigenvalue weighted by Gasteiger charge is 2.33. The van der Waals surface area contributed by atoms with Gasteiger partial charge in [-0.3, -0.25) is 9.78 Å². The first-order chi connectivity index (χ1) is 18.4. The Morgan fingerprint density at radius 2 is 1.55 bits per heavy atom. The number of amides is 1. The molecule has 0 saturated carbocycles. The van der Waals surface area contributed by atoms with E-state index in [0.29, 0.717) is 16.5 Å². The fourth-order valence-electron chi connectivity index (χ4n) is 4.09. The van der Waals surface area contributed by atoms with E-state index in [1.54, 1.807) is 37.3 Å². The maximum atomic E-state index is 13.8. The molecule has 0 aliphatic rings. The van der Waals surface area contributed by atoms with Crippen LogP contribution in [0.25, 0.3) is 22.3 Å². The summed E-state index contributed by atoms with van der Waals surface area (Å²) in [5.74, 6) is -1.12. The highest BCUT2D eigenvalue weighted by Crippen LogP contribution is 2.37. The molecule has 0 radical (unpaired) electrons. The molecule has 5 aromatic rings. The summed E-state index contributed by atoms with van der Waals surface area (Å²) in [7, 11) is -4.34. The summed E-state index contributed by atoms with van der Waals surface area (Å²) in [5, 5.41) is 0.315. The maximum Gasteiger partial charge on any atom is 0.342 e. The summed E-state index contributed by atoms with van der Waals surface area (Å²) >= 11 is 0. The molecule has 0 saturated heterocycles. The third kappa shape index (κ3) is 4.55. The van der Waals surface area contributed by atoms with Crippen molar-refractivity contribution in [3.05, 3.63) is 115 Å². The van der Waals surface area contributed by atoms with Crippen molar-refractivity contribution < 1.29 is 27.2 Å². The Morgan fingerprint density at radius 1 is 0.895 bits per heavy atom. The number of benzene rings is 3. The minimum absolute atomic E-state index is 0.0362. The van der Waals surface area contributed by atoms with Gasteiger partial charge in [-0.15, -0.1) is 0 Å². The molecule has 0 unspecified atom stereocenters. The minimum Gasteiger partial charge on any atom is -0.462 e. The highest BCUT2D eigenvalue weighted by atomic mass is 32.2. The lowest BCUT2D eigenvalue weighted by molar-refractivity contribution is 0.0528. The Labute approximate surface area is 219 Å². The third-order valence-electron chi connectivity index (χ3n) is 5.81. The molecule has 2 aromatic heterocycles. The number of aromatic nitrogens is 1. The lowest BCUT2D eigenvalue weighted by Gasteiger charge is -2.23. The van der Waals surface area contributed by atoms with Gasteiger partial charge in [-0.25, -0.2) is 13.2 Å². The molecule has 3 aromatic carbocycles. The first kappa shape index (κ1) is 24.9. The second-order valence-electron chi connectivity index (χ2n) is 8.20. The molecule has 0 fully saturated rings. The summed E-state index contributed by atoms with van der Waals surface area (Å²) < 4.78 is 39.7. The average Bonchev–Trinajstić information content (AvgIpc) is 3.34. The van der Waals surface area contributed by atoms with Gasteiger partial charge in [-0.2, -0.15) is 4.31 Å². The van der Waals surface area contributed by atoms with E-state index in [0.717, 1.165) is 4.31 Å². The molecule has 0 N–H and O–H groups in total. The number of carbonyl (C=O) groups excluding carboxylic acids is 2. The largest absolute Gasteiger partial charge is 0.462 e. The molecule has 0 aliphatic heterocycles. The summed E-state index contributed by atoms with van der Waals surface area (Å²) in [5.41, 5.74) is 1.29. The Balaban J connectivity index is 1.74. The van der Waals surface area contributed by atoms with Crippen molar-refractivity contribution in [1.82, 2.24) is 4.98 Å². The van der Waals surface area contributed by atoms with Crippen LogP contribution in [0.4, 0.5) is 5.69 Å². The number of fused-ring (bicyclic) bond motifs is 1. The fourth-order valence-corrected chi connectivity index (χ4v) is 5.51. The number of esters is 1. The molecule has 0 spiro atoms. The van der Waals surface area contributed by atoms with Crippen LogP contribution in [-0.2, 0) is 14.8 Å². The van der Waals surface area contributed by atoms with Gasteiger partial charge in [0, 0.05) is 28.9 Å². The molecule has 0 atom stereocenters. The fraction of sp³-hybridized carbons (Fsp3) is 0.0690. The number of anilines is 1. The van der Waals surface area contributed by atoms with Gasteiger partial charge in [0.1, 0.15) is 16.9 Å². The second kappa shape index (κ2) is 10.3. The molecule has 0 aliphatic carbocycles. The molecule has 38 heavy (non-hydrogen) atoms. The van der Waals surface area contributed by atoms with Crippen LogP contribution >= 0.6 is 0 Å². The second-order valence-corrected chi connectivity index (χ2v) is 9.98. The third-order valence-corrected chi connectivity index (χ3v) is 7.54. The molecule has 190 valence electrons. The number of nitrogens with zero attached hydrogens (tertiary/aromatic N) is 2. The summed E-state index contributed by atoms with van der Waals surface area (Å²) in [6, 6.07) is 24.0. The summed E-state index contributed by atoms with van der Waals surface area (Å²) in [6.07, 6.45) is 2.82. The van der Waals surface area contributed by atoms with Crippen molar-refractivity contribution in [3.63, 3.8) is 0 Å². The van der Waals surface area contributed by atoms with Gasteiger partial charge in [0.15, 0.2) is 0 Å². The monoisotopic (exact) mass is 526 g/mol. The molecule has 2 heterocycles. The lowest BCUT2D eigenvalue weighted by atomic mass is 10.1. The van der Waals surface area contributed by atoms with Crippen molar-refractivity contribution in [1.29, 1.82) is 0 Å². The molecule has 8 nitrogen and oxygen atoms in total. The Morgan fingerprint density at radius 3 is 2.21 bits per heavy atom. The number of furan rings is 1. The van der Waals surface area contributed by atoms with Gasteiger partial charge in [0.05, 0.1) is 17.2 Å². The maximum absolute atomic E-state index is 13.8. The van der Waals surface area contributed by atoms with E-state index < -0.39 is 21.9 Å². The van der Waals surface area contributed by atoms with Gasteiger partial charge < -0.3 is 9.15 Å². The Bertz CT molecular complexity index is 1720. The van der Waals surface area contributed by atoms with Crippen molar-refractivity contribution in [2.45, 2.75) is 11.8 Å². The van der Waals surface area contributed by atoms with E-state index in [1.807, 2.05) is 18.2 Å². The lowest BCUT2D eigenvalue weighted by Crippen LogP contribution is -2.37. The van der Waals surface area contributed by atoms with Crippen LogP contribution in [0, 0.1) is 0 Å². The van der Waals surface area contributed by atoms with Crippen molar-refractivity contribution >= 4 is 38.6 Å². The van der Waals surface area contributed by atoms with E-state index >= 15 is 0 Å². The molecule has 5 rings (SSSR count). The van der Waals surface area contributed by atoms with Crippen molar-refractivity contribution in [2.24, 2.45) is 0 Å². The minimum atomic E-state index is -4.34. The van der Waals surface area contributed by atoms with Gasteiger partial charge in [-0.05, 0) is 49.4 Å². The number of carbonyl (C=O) groups is 2. The topological polar surface area (TPSA) is 107 Å². The first-order valence-electron chi connectivity index (χ1n) is 11.8. The zero-order valence-electron chi connectivity index (χ0n) is 20.3. The molecular weight excluding hydrogens is 504 g/mol. The van der Waals surface area contributed by atoms with E-state index in [4.69, 9.17) is 9.15 Å². The molecular formula is C29H22N2O6S. The van der Waals surface area contributed by atoms with E-state index in [1.165, 1.54) is 54.9 Å². The van der Waals surface area contributed by atoms with Crippen LogP contribution < -0.4 is 4.31 Å².